The third-order valence-electron chi connectivity index (χ3n) is 6.90. The number of nitrogens with zero attached hydrogens (tertiary/aromatic N) is 2. The van der Waals surface area contributed by atoms with Crippen LogP contribution < -0.4 is 15.8 Å². The quantitative estimate of drug-likeness (QED) is 0.158. The summed E-state index contributed by atoms with van der Waals surface area (Å²) >= 11 is 0. The maximum atomic E-state index is 13.4. The number of nitrogens with two attached hydrogens (primary N) is 1. The first-order valence-corrected chi connectivity index (χ1v) is 17.3. The van der Waals surface area contributed by atoms with Crippen LogP contribution in [0.25, 0.3) is 11.1 Å². The van der Waals surface area contributed by atoms with Crippen LogP contribution in [0.1, 0.15) is 22.7 Å². The third-order valence-corrected chi connectivity index (χ3v) is 8.61. The molecule has 3 aromatic carbocycles. The van der Waals surface area contributed by atoms with Crippen molar-refractivity contribution in [2.45, 2.75) is 51.3 Å². The zero-order valence-electron chi connectivity index (χ0n) is 24.1. The number of amides is 1. The van der Waals surface area contributed by atoms with Crippen molar-refractivity contribution in [3.8, 4) is 16.9 Å². The van der Waals surface area contributed by atoms with E-state index in [1.807, 2.05) is 96.7 Å². The fraction of sp³-hybridized carbons (Fsp3) is 0.312. The van der Waals surface area contributed by atoms with Crippen molar-refractivity contribution >= 4 is 19.7 Å². The highest BCUT2D eigenvalue weighted by Crippen LogP contribution is 2.35. The Hall–Kier alpha value is -3.72. The van der Waals surface area contributed by atoms with Gasteiger partial charge in [0.1, 0.15) is 12.5 Å². The molecule has 0 saturated heterocycles. The monoisotopic (exact) mass is 556 g/mol. The minimum atomic E-state index is -1.14. The molecule has 0 fully saturated rings. The molecule has 1 aromatic heterocycles. The summed E-state index contributed by atoms with van der Waals surface area (Å²) in [5.41, 5.74) is 11.9. The molecule has 4 rings (SSSR count). The molecule has 1 atom stereocenters. The van der Waals surface area contributed by atoms with Crippen molar-refractivity contribution < 1.29 is 14.3 Å². The van der Waals surface area contributed by atoms with Gasteiger partial charge in [0.2, 0.25) is 5.91 Å². The van der Waals surface area contributed by atoms with Crippen molar-refractivity contribution in [2.24, 2.45) is 5.73 Å². The van der Waals surface area contributed by atoms with E-state index in [-0.39, 0.29) is 11.8 Å². The smallest absolute Gasteiger partial charge is 0.242 e. The van der Waals surface area contributed by atoms with Gasteiger partial charge < -0.3 is 20.5 Å². The number of aryl methyl sites for hydroxylation is 1. The van der Waals surface area contributed by atoms with Gasteiger partial charge in [0.15, 0.2) is 0 Å². The molecule has 0 saturated carbocycles. The molecule has 0 aliphatic heterocycles. The number of benzene rings is 3. The van der Waals surface area contributed by atoms with E-state index in [4.69, 9.17) is 15.2 Å². The number of aromatic nitrogens is 2. The summed E-state index contributed by atoms with van der Waals surface area (Å²) in [7, 11) is 0.481. The van der Waals surface area contributed by atoms with Crippen molar-refractivity contribution in [1.82, 2.24) is 9.78 Å². The lowest BCUT2D eigenvalue weighted by Crippen LogP contribution is -2.41. The van der Waals surface area contributed by atoms with Crippen LogP contribution in [0.3, 0.4) is 0 Å². The number of carbonyl (C=O) groups excluding carboxylic acids is 1. The summed E-state index contributed by atoms with van der Waals surface area (Å²) in [6, 6.07) is 25.7. The average Bonchev–Trinajstić information content (AvgIpc) is 3.31. The van der Waals surface area contributed by atoms with Crippen LogP contribution in [0.5, 0.6) is 5.75 Å². The van der Waals surface area contributed by atoms with Gasteiger partial charge in [0.25, 0.3) is 0 Å². The number of hydrogen-bond donors (Lipinski definition) is 2. The summed E-state index contributed by atoms with van der Waals surface area (Å²) < 4.78 is 13.4. The predicted octanol–water partition coefficient (Wildman–Crippen LogP) is 6.28. The molecule has 0 unspecified atom stereocenters. The van der Waals surface area contributed by atoms with Crippen molar-refractivity contribution in [3.63, 3.8) is 0 Å². The number of hydrogen-bond acceptors (Lipinski definition) is 5. The van der Waals surface area contributed by atoms with E-state index in [1.165, 1.54) is 0 Å². The van der Waals surface area contributed by atoms with Crippen LogP contribution in [-0.2, 0) is 16.3 Å². The second-order valence-electron chi connectivity index (χ2n) is 11.2. The Morgan fingerprint density at radius 3 is 2.17 bits per heavy atom. The number of rotatable bonds is 12. The zero-order valence-corrected chi connectivity index (χ0v) is 25.1. The first kappa shape index (κ1) is 29.3. The van der Waals surface area contributed by atoms with Crippen LogP contribution in [-0.4, -0.2) is 43.5 Å². The molecule has 210 valence electrons. The van der Waals surface area contributed by atoms with Gasteiger partial charge in [-0.2, -0.15) is 5.10 Å². The maximum Gasteiger partial charge on any atom is 0.242 e. The molecule has 1 amide bonds. The standard InChI is InChI=1S/C32H40N4O3Si/c1-23-28(21-36(35-23)22-39-18-19-40(3,4)5)27-17-16-26(20-29(27)38-2)34-32(37)31(33)30(24-12-8-6-9-13-24)25-14-10-7-11-15-25/h6-17,20-21,30-31H,18-19,22,33H2,1-5H3,(H,34,37)/t31-/m0/s1. The number of nitrogens with one attached hydrogen (secondary N) is 1. The van der Waals surface area contributed by atoms with Crippen LogP contribution >= 0.6 is 0 Å². The lowest BCUT2D eigenvalue weighted by molar-refractivity contribution is -0.117. The van der Waals surface area contributed by atoms with Gasteiger partial charge >= 0.3 is 0 Å². The molecule has 8 heteroatoms. The topological polar surface area (TPSA) is 91.4 Å². The third kappa shape index (κ3) is 7.47. The maximum absolute atomic E-state index is 13.4. The zero-order chi connectivity index (χ0) is 28.7. The Labute approximate surface area is 238 Å². The van der Waals surface area contributed by atoms with Crippen LogP contribution in [0.2, 0.25) is 25.7 Å². The van der Waals surface area contributed by atoms with Gasteiger partial charge in [0, 0.05) is 49.7 Å². The second kappa shape index (κ2) is 13.1. The first-order chi connectivity index (χ1) is 19.2. The molecule has 0 aliphatic rings. The molecular formula is C32H40N4O3Si. The minimum absolute atomic E-state index is 0.271. The van der Waals surface area contributed by atoms with E-state index in [9.17, 15) is 4.79 Å². The molecule has 0 radical (unpaired) electrons. The summed E-state index contributed by atoms with van der Waals surface area (Å²) in [5.74, 6) is 0.0772. The van der Waals surface area contributed by atoms with Crippen molar-refractivity contribution in [2.75, 3.05) is 19.0 Å². The van der Waals surface area contributed by atoms with Gasteiger partial charge in [-0.05, 0) is 36.2 Å². The van der Waals surface area contributed by atoms with Crippen LogP contribution in [0.4, 0.5) is 5.69 Å². The summed E-state index contributed by atoms with van der Waals surface area (Å²) in [5, 5.41) is 7.63. The lowest BCUT2D eigenvalue weighted by atomic mass is 9.85. The minimum Gasteiger partial charge on any atom is -0.496 e. The Morgan fingerprint density at radius 1 is 0.975 bits per heavy atom. The SMILES string of the molecule is COc1cc(NC(=O)[C@@H](N)C(c2ccccc2)c2ccccc2)ccc1-c1cn(COCC[Si](C)(C)C)nc1C. The van der Waals surface area contributed by atoms with Crippen molar-refractivity contribution in [1.29, 1.82) is 0 Å². The fourth-order valence-electron chi connectivity index (χ4n) is 4.68. The summed E-state index contributed by atoms with van der Waals surface area (Å²) in [4.78, 5) is 13.4. The van der Waals surface area contributed by atoms with Gasteiger partial charge in [0.05, 0.1) is 18.8 Å². The highest BCUT2D eigenvalue weighted by molar-refractivity contribution is 6.76. The lowest BCUT2D eigenvalue weighted by Gasteiger charge is -2.24. The Balaban J connectivity index is 1.50. The molecular weight excluding hydrogens is 516 g/mol. The van der Waals surface area contributed by atoms with Gasteiger partial charge in [-0.15, -0.1) is 0 Å². The van der Waals surface area contributed by atoms with E-state index < -0.39 is 14.1 Å². The number of ether oxygens (including phenoxy) is 2. The van der Waals surface area contributed by atoms with E-state index >= 15 is 0 Å². The summed E-state index contributed by atoms with van der Waals surface area (Å²) in [6.07, 6.45) is 1.97. The highest BCUT2D eigenvalue weighted by Gasteiger charge is 2.28. The predicted molar refractivity (Wildman–Crippen MR) is 164 cm³/mol. The fourth-order valence-corrected chi connectivity index (χ4v) is 5.44. The molecule has 1 heterocycles. The Kier molecular flexibility index (Phi) is 9.57. The summed E-state index contributed by atoms with van der Waals surface area (Å²) in [6.45, 7) is 10.1. The first-order valence-electron chi connectivity index (χ1n) is 13.6. The van der Waals surface area contributed by atoms with E-state index in [0.717, 1.165) is 40.6 Å². The van der Waals surface area contributed by atoms with E-state index in [1.54, 1.807) is 7.11 Å². The largest absolute Gasteiger partial charge is 0.496 e. The van der Waals surface area contributed by atoms with E-state index in [0.29, 0.717) is 18.2 Å². The molecule has 0 spiro atoms. The molecule has 40 heavy (non-hydrogen) atoms. The van der Waals surface area contributed by atoms with Gasteiger partial charge in [-0.3, -0.25) is 4.79 Å². The number of methoxy groups -OCH3 is 1. The molecule has 4 aromatic rings. The van der Waals surface area contributed by atoms with E-state index in [2.05, 4.69) is 30.1 Å². The molecule has 3 N–H and O–H groups in total. The average molecular weight is 557 g/mol. The van der Waals surface area contributed by atoms with Crippen LogP contribution in [0, 0.1) is 6.92 Å². The number of carbonyl (C=O) groups is 1. The molecule has 0 aliphatic carbocycles. The van der Waals surface area contributed by atoms with Crippen molar-refractivity contribution in [3.05, 3.63) is 102 Å². The Morgan fingerprint density at radius 2 is 1.60 bits per heavy atom. The Bertz CT molecular complexity index is 1360. The number of anilines is 1. The van der Waals surface area contributed by atoms with Gasteiger partial charge in [-0.25, -0.2) is 4.68 Å². The molecule has 0 bridgehead atoms. The van der Waals surface area contributed by atoms with Crippen LogP contribution in [0.15, 0.2) is 85.1 Å². The van der Waals surface area contributed by atoms with Gasteiger partial charge in [-0.1, -0.05) is 80.3 Å². The second-order valence-corrected chi connectivity index (χ2v) is 16.9. The highest BCUT2D eigenvalue weighted by atomic mass is 28.3. The molecule has 7 nitrogen and oxygen atoms in total. The normalized spacial score (nSPS) is 12.4.